The molecule has 17 heavy (non-hydrogen) atoms. The van der Waals surface area contributed by atoms with Gasteiger partial charge in [0, 0.05) is 0 Å². The third kappa shape index (κ3) is 3.47. The van der Waals surface area contributed by atoms with Crippen LogP contribution in [0.25, 0.3) is 0 Å². The molecule has 2 nitrogen and oxygen atoms in total. The van der Waals surface area contributed by atoms with Crippen molar-refractivity contribution in [2.75, 3.05) is 0 Å². The highest BCUT2D eigenvalue weighted by atomic mass is 19.4. The highest BCUT2D eigenvalue weighted by Crippen LogP contribution is 2.32. The van der Waals surface area contributed by atoms with Gasteiger partial charge in [-0.25, -0.2) is 0 Å². The van der Waals surface area contributed by atoms with Crippen molar-refractivity contribution in [1.29, 1.82) is 0 Å². The van der Waals surface area contributed by atoms with Crippen LogP contribution in [0, 0.1) is 12.8 Å². The van der Waals surface area contributed by atoms with E-state index in [0.29, 0.717) is 5.56 Å². The van der Waals surface area contributed by atoms with Crippen molar-refractivity contribution >= 4 is 5.97 Å². The molecule has 1 unspecified atom stereocenters. The van der Waals surface area contributed by atoms with Gasteiger partial charge in [-0.2, -0.15) is 13.2 Å². The Hall–Kier alpha value is -1.52. The second kappa shape index (κ2) is 4.77. The number of rotatable bonds is 3. The largest absolute Gasteiger partial charge is 0.481 e. The molecular weight excluding hydrogens is 233 g/mol. The lowest BCUT2D eigenvalue weighted by molar-refractivity contribution is -0.141. The predicted molar refractivity (Wildman–Crippen MR) is 56.7 cm³/mol. The topological polar surface area (TPSA) is 37.3 Å². The molecule has 1 rings (SSSR count). The van der Waals surface area contributed by atoms with Gasteiger partial charge in [0.1, 0.15) is 0 Å². The molecule has 0 aliphatic carbocycles. The maximum Gasteiger partial charge on any atom is 0.416 e. The number of aryl methyl sites for hydroxylation is 1. The Labute approximate surface area is 97.1 Å². The summed E-state index contributed by atoms with van der Waals surface area (Å²) in [7, 11) is 0. The highest BCUT2D eigenvalue weighted by molar-refractivity contribution is 5.69. The number of benzene rings is 1. The van der Waals surface area contributed by atoms with Gasteiger partial charge >= 0.3 is 12.1 Å². The first kappa shape index (κ1) is 13.5. The summed E-state index contributed by atoms with van der Waals surface area (Å²) < 4.78 is 37.8. The van der Waals surface area contributed by atoms with Crippen LogP contribution in [-0.4, -0.2) is 11.1 Å². The van der Waals surface area contributed by atoms with Crippen LogP contribution in [0.4, 0.5) is 13.2 Å². The normalized spacial score (nSPS) is 13.5. The van der Waals surface area contributed by atoms with Gasteiger partial charge in [0.15, 0.2) is 0 Å². The van der Waals surface area contributed by atoms with Crippen LogP contribution >= 0.6 is 0 Å². The Morgan fingerprint density at radius 3 is 2.47 bits per heavy atom. The van der Waals surface area contributed by atoms with Crippen molar-refractivity contribution in [1.82, 2.24) is 0 Å². The highest BCUT2D eigenvalue weighted by Gasteiger charge is 2.32. The average Bonchev–Trinajstić information content (AvgIpc) is 2.19. The summed E-state index contributed by atoms with van der Waals surface area (Å²) in [5.74, 6) is -1.71. The van der Waals surface area contributed by atoms with E-state index in [2.05, 4.69) is 0 Å². The molecule has 1 aromatic carbocycles. The molecule has 0 saturated heterocycles. The zero-order valence-corrected chi connectivity index (χ0v) is 9.51. The number of alkyl halides is 3. The molecule has 1 N–H and O–H groups in total. The Bertz CT molecular complexity index is 424. The summed E-state index contributed by atoms with van der Waals surface area (Å²) in [5.41, 5.74) is -0.172. The summed E-state index contributed by atoms with van der Waals surface area (Å²) >= 11 is 0. The van der Waals surface area contributed by atoms with E-state index in [1.165, 1.54) is 26.0 Å². The number of carboxylic acid groups (broad SMARTS) is 1. The summed E-state index contributed by atoms with van der Waals surface area (Å²) in [6.45, 7) is 2.85. The van der Waals surface area contributed by atoms with E-state index in [4.69, 9.17) is 5.11 Å². The molecule has 5 heteroatoms. The van der Waals surface area contributed by atoms with Crippen LogP contribution in [0.3, 0.4) is 0 Å². The molecule has 0 amide bonds. The molecule has 1 aromatic rings. The van der Waals surface area contributed by atoms with Crippen LogP contribution in [-0.2, 0) is 17.4 Å². The van der Waals surface area contributed by atoms with Gasteiger partial charge in [-0.15, -0.1) is 0 Å². The number of carboxylic acids is 1. The van der Waals surface area contributed by atoms with Crippen molar-refractivity contribution in [2.45, 2.75) is 26.4 Å². The molecule has 0 fully saturated rings. The van der Waals surface area contributed by atoms with Gasteiger partial charge in [-0.05, 0) is 30.5 Å². The Morgan fingerprint density at radius 2 is 2.00 bits per heavy atom. The third-order valence-electron chi connectivity index (χ3n) is 2.57. The maximum absolute atomic E-state index is 12.6. The molecule has 0 radical (unpaired) electrons. The van der Waals surface area contributed by atoms with Crippen LogP contribution in [0.1, 0.15) is 23.6 Å². The van der Waals surface area contributed by atoms with Gasteiger partial charge in [-0.1, -0.05) is 19.1 Å². The van der Waals surface area contributed by atoms with Crippen molar-refractivity contribution in [3.8, 4) is 0 Å². The van der Waals surface area contributed by atoms with Gasteiger partial charge in [-0.3, -0.25) is 4.79 Å². The number of carbonyl (C=O) groups is 1. The Morgan fingerprint density at radius 1 is 1.41 bits per heavy atom. The second-order valence-electron chi connectivity index (χ2n) is 4.09. The summed E-state index contributed by atoms with van der Waals surface area (Å²) in [6.07, 6.45) is -4.30. The first-order valence-corrected chi connectivity index (χ1v) is 5.11. The van der Waals surface area contributed by atoms with Crippen molar-refractivity contribution in [2.24, 2.45) is 5.92 Å². The average molecular weight is 246 g/mol. The molecule has 1 atom stereocenters. The van der Waals surface area contributed by atoms with Gasteiger partial charge in [0.25, 0.3) is 0 Å². The zero-order valence-electron chi connectivity index (χ0n) is 9.51. The summed E-state index contributed by atoms with van der Waals surface area (Å²) in [6, 6.07) is 3.92. The fraction of sp³-hybridized carbons (Fsp3) is 0.417. The van der Waals surface area contributed by atoms with E-state index in [1.54, 1.807) is 0 Å². The molecule has 0 spiro atoms. The number of hydrogen-bond donors (Lipinski definition) is 1. The zero-order chi connectivity index (χ0) is 13.2. The summed E-state index contributed by atoms with van der Waals surface area (Å²) in [4.78, 5) is 10.6. The lowest BCUT2D eigenvalue weighted by atomic mass is 9.97. The van der Waals surface area contributed by atoms with E-state index in [-0.39, 0.29) is 12.0 Å². The molecule has 0 saturated carbocycles. The maximum atomic E-state index is 12.6. The van der Waals surface area contributed by atoms with Gasteiger partial charge in [0.05, 0.1) is 11.5 Å². The number of aliphatic carboxylic acids is 1. The fourth-order valence-corrected chi connectivity index (χ4v) is 1.54. The van der Waals surface area contributed by atoms with Crippen LogP contribution in [0.2, 0.25) is 0 Å². The quantitative estimate of drug-likeness (QED) is 0.888. The molecule has 0 bridgehead atoms. The SMILES string of the molecule is Cc1ccc(CC(C)C(=O)O)cc1C(F)(F)F. The lowest BCUT2D eigenvalue weighted by Gasteiger charge is -2.13. The first-order chi connectivity index (χ1) is 7.71. The monoisotopic (exact) mass is 246 g/mol. The Kier molecular flexibility index (Phi) is 3.80. The second-order valence-corrected chi connectivity index (χ2v) is 4.09. The van der Waals surface area contributed by atoms with Crippen LogP contribution < -0.4 is 0 Å². The molecule has 0 aliphatic rings. The van der Waals surface area contributed by atoms with E-state index < -0.39 is 23.6 Å². The van der Waals surface area contributed by atoms with E-state index in [0.717, 1.165) is 6.07 Å². The van der Waals surface area contributed by atoms with E-state index in [9.17, 15) is 18.0 Å². The first-order valence-electron chi connectivity index (χ1n) is 5.11. The minimum Gasteiger partial charge on any atom is -0.481 e. The van der Waals surface area contributed by atoms with Gasteiger partial charge in [0.2, 0.25) is 0 Å². The summed E-state index contributed by atoms with van der Waals surface area (Å²) in [5, 5.41) is 8.70. The molecule has 0 aromatic heterocycles. The van der Waals surface area contributed by atoms with E-state index >= 15 is 0 Å². The van der Waals surface area contributed by atoms with E-state index in [1.807, 2.05) is 0 Å². The minimum atomic E-state index is -4.40. The standard InChI is InChI=1S/C12H13F3O2/c1-7-3-4-9(5-8(2)11(16)17)6-10(7)12(13,14)15/h3-4,6,8H,5H2,1-2H3,(H,16,17). The molecule has 0 heterocycles. The van der Waals surface area contributed by atoms with Crippen LogP contribution in [0.5, 0.6) is 0 Å². The molecule has 94 valence electrons. The lowest BCUT2D eigenvalue weighted by Crippen LogP contribution is -2.13. The van der Waals surface area contributed by atoms with Crippen LogP contribution in [0.15, 0.2) is 18.2 Å². The van der Waals surface area contributed by atoms with Crippen molar-refractivity contribution < 1.29 is 23.1 Å². The number of halogens is 3. The van der Waals surface area contributed by atoms with Crippen molar-refractivity contribution in [3.05, 3.63) is 34.9 Å². The predicted octanol–water partition coefficient (Wildman–Crippen LogP) is 3.28. The van der Waals surface area contributed by atoms with Gasteiger partial charge < -0.3 is 5.11 Å². The Balaban J connectivity index is 3.01. The third-order valence-corrected chi connectivity index (χ3v) is 2.57. The molecule has 0 aliphatic heterocycles. The fourth-order valence-electron chi connectivity index (χ4n) is 1.54. The molecular formula is C12H13F3O2. The minimum absolute atomic E-state index is 0.0959. The number of hydrogen-bond acceptors (Lipinski definition) is 1. The smallest absolute Gasteiger partial charge is 0.416 e. The van der Waals surface area contributed by atoms with Crippen molar-refractivity contribution in [3.63, 3.8) is 0 Å².